The molecule has 0 unspecified atom stereocenters. The Morgan fingerprint density at radius 1 is 1.15 bits per heavy atom. The summed E-state index contributed by atoms with van der Waals surface area (Å²) in [6.07, 6.45) is 0. The minimum atomic E-state index is -4.04. The zero-order valence-corrected chi connectivity index (χ0v) is 15.8. The van der Waals surface area contributed by atoms with Crippen molar-refractivity contribution in [2.45, 2.75) is 18.7 Å². The number of sulfonamides is 1. The van der Waals surface area contributed by atoms with Crippen LogP contribution < -0.4 is 9.04 Å². The van der Waals surface area contributed by atoms with Crippen molar-refractivity contribution in [1.82, 2.24) is 0 Å². The van der Waals surface area contributed by atoms with Crippen LogP contribution in [0.2, 0.25) is 0 Å². The second-order valence-electron chi connectivity index (χ2n) is 5.46. The first-order valence-corrected chi connectivity index (χ1v) is 9.25. The molecular formula is C18H20FNO5S. The third-order valence-electron chi connectivity index (χ3n) is 3.90. The van der Waals surface area contributed by atoms with E-state index in [1.54, 1.807) is 26.0 Å². The van der Waals surface area contributed by atoms with Crippen LogP contribution in [0.4, 0.5) is 10.1 Å². The molecule has 6 nitrogen and oxygen atoms in total. The van der Waals surface area contributed by atoms with Crippen LogP contribution in [-0.2, 0) is 14.8 Å². The van der Waals surface area contributed by atoms with Crippen molar-refractivity contribution in [3.63, 3.8) is 0 Å². The van der Waals surface area contributed by atoms with E-state index in [0.29, 0.717) is 11.3 Å². The van der Waals surface area contributed by atoms with Crippen LogP contribution in [0.5, 0.6) is 5.75 Å². The molecule has 0 atom stereocenters. The number of anilines is 1. The molecule has 0 N–H and O–H groups in total. The van der Waals surface area contributed by atoms with Crippen molar-refractivity contribution in [3.8, 4) is 5.75 Å². The van der Waals surface area contributed by atoms with Crippen molar-refractivity contribution in [1.29, 1.82) is 0 Å². The highest BCUT2D eigenvalue weighted by Gasteiger charge is 2.26. The van der Waals surface area contributed by atoms with Gasteiger partial charge in [-0.2, -0.15) is 0 Å². The summed E-state index contributed by atoms with van der Waals surface area (Å²) >= 11 is 0. The van der Waals surface area contributed by atoms with Crippen LogP contribution in [0.15, 0.2) is 41.3 Å². The van der Waals surface area contributed by atoms with E-state index in [9.17, 15) is 17.6 Å². The van der Waals surface area contributed by atoms with Crippen molar-refractivity contribution in [2.24, 2.45) is 0 Å². The van der Waals surface area contributed by atoms with Crippen molar-refractivity contribution < 1.29 is 27.1 Å². The summed E-state index contributed by atoms with van der Waals surface area (Å²) in [5.41, 5.74) is 1.20. The molecule has 0 heterocycles. The van der Waals surface area contributed by atoms with Crippen LogP contribution in [0, 0.1) is 12.7 Å². The van der Waals surface area contributed by atoms with Crippen molar-refractivity contribution >= 4 is 21.7 Å². The molecule has 0 bridgehead atoms. The standard InChI is InChI=1S/C18H20FNO5S/c1-5-20(16-10-13(18(21)25-4)7-6-12(16)2)26(22,23)14-8-9-17(24-3)15(19)11-14/h6-11H,5H2,1-4H3. The number of esters is 1. The van der Waals surface area contributed by atoms with Crippen LogP contribution >= 0.6 is 0 Å². The molecule has 0 aromatic heterocycles. The Labute approximate surface area is 152 Å². The summed E-state index contributed by atoms with van der Waals surface area (Å²) < 4.78 is 50.6. The van der Waals surface area contributed by atoms with E-state index in [1.807, 2.05) is 0 Å². The van der Waals surface area contributed by atoms with E-state index in [2.05, 4.69) is 4.74 Å². The predicted octanol–water partition coefficient (Wildman–Crippen LogP) is 3.14. The number of hydrogen-bond donors (Lipinski definition) is 0. The first kappa shape index (κ1) is 19.7. The Morgan fingerprint density at radius 2 is 1.85 bits per heavy atom. The van der Waals surface area contributed by atoms with Gasteiger partial charge in [-0.15, -0.1) is 0 Å². The van der Waals surface area contributed by atoms with Gasteiger partial charge in [0.25, 0.3) is 10.0 Å². The van der Waals surface area contributed by atoms with Gasteiger partial charge in [0.15, 0.2) is 11.6 Å². The molecule has 0 saturated carbocycles. The van der Waals surface area contributed by atoms with Gasteiger partial charge >= 0.3 is 5.97 Å². The fourth-order valence-electron chi connectivity index (χ4n) is 2.53. The maximum absolute atomic E-state index is 14.0. The average Bonchev–Trinajstić information content (AvgIpc) is 2.62. The predicted molar refractivity (Wildman–Crippen MR) is 95.7 cm³/mol. The third-order valence-corrected chi connectivity index (χ3v) is 5.78. The summed E-state index contributed by atoms with van der Waals surface area (Å²) in [5.74, 6) is -1.39. The van der Waals surface area contributed by atoms with Gasteiger partial charge in [-0.25, -0.2) is 17.6 Å². The van der Waals surface area contributed by atoms with Crippen LogP contribution in [0.1, 0.15) is 22.8 Å². The molecule has 0 spiro atoms. The first-order chi connectivity index (χ1) is 12.3. The van der Waals surface area contributed by atoms with E-state index >= 15 is 0 Å². The van der Waals surface area contributed by atoms with E-state index in [4.69, 9.17) is 4.74 Å². The molecule has 0 aliphatic rings. The fourth-order valence-corrected chi connectivity index (χ4v) is 4.07. The minimum absolute atomic E-state index is 0.0455. The Morgan fingerprint density at radius 3 is 2.38 bits per heavy atom. The second-order valence-corrected chi connectivity index (χ2v) is 7.32. The Kier molecular flexibility index (Phi) is 5.86. The van der Waals surface area contributed by atoms with Gasteiger partial charge in [0.1, 0.15) is 0 Å². The topological polar surface area (TPSA) is 72.9 Å². The zero-order chi connectivity index (χ0) is 19.5. The molecular weight excluding hydrogens is 361 g/mol. The van der Waals surface area contributed by atoms with E-state index in [0.717, 1.165) is 10.4 Å². The molecule has 0 aliphatic carbocycles. The largest absolute Gasteiger partial charge is 0.494 e. The number of ether oxygens (including phenoxy) is 2. The summed E-state index contributed by atoms with van der Waals surface area (Å²) in [6, 6.07) is 8.08. The summed E-state index contributed by atoms with van der Waals surface area (Å²) in [6.45, 7) is 3.48. The van der Waals surface area contributed by atoms with Crippen LogP contribution in [-0.4, -0.2) is 35.2 Å². The maximum atomic E-state index is 14.0. The number of carbonyl (C=O) groups is 1. The van der Waals surface area contributed by atoms with Crippen molar-refractivity contribution in [3.05, 3.63) is 53.3 Å². The molecule has 140 valence electrons. The molecule has 0 amide bonds. The van der Waals surface area contributed by atoms with E-state index in [-0.39, 0.29) is 22.8 Å². The Balaban J connectivity index is 2.57. The molecule has 0 radical (unpaired) electrons. The Hall–Kier alpha value is -2.61. The zero-order valence-electron chi connectivity index (χ0n) is 14.9. The lowest BCUT2D eigenvalue weighted by atomic mass is 10.1. The minimum Gasteiger partial charge on any atom is -0.494 e. The molecule has 2 rings (SSSR count). The number of nitrogens with zero attached hydrogens (tertiary/aromatic N) is 1. The highest BCUT2D eigenvalue weighted by Crippen LogP contribution is 2.29. The number of methoxy groups -OCH3 is 2. The lowest BCUT2D eigenvalue weighted by Gasteiger charge is -2.25. The van der Waals surface area contributed by atoms with Gasteiger partial charge in [-0.3, -0.25) is 4.31 Å². The summed E-state index contributed by atoms with van der Waals surface area (Å²) in [5, 5.41) is 0. The van der Waals surface area contributed by atoms with Gasteiger partial charge in [-0.1, -0.05) is 6.07 Å². The molecule has 26 heavy (non-hydrogen) atoms. The SMILES string of the molecule is CCN(c1cc(C(=O)OC)ccc1C)S(=O)(=O)c1ccc(OC)c(F)c1. The van der Waals surface area contributed by atoms with Crippen LogP contribution in [0.25, 0.3) is 0 Å². The normalized spacial score (nSPS) is 11.1. The molecule has 0 aliphatic heterocycles. The number of aryl methyl sites for hydroxylation is 1. The van der Waals surface area contributed by atoms with Gasteiger partial charge in [0, 0.05) is 6.54 Å². The monoisotopic (exact) mass is 381 g/mol. The van der Waals surface area contributed by atoms with Gasteiger partial charge < -0.3 is 9.47 Å². The third kappa shape index (κ3) is 3.65. The summed E-state index contributed by atoms with van der Waals surface area (Å²) in [4.78, 5) is 11.6. The number of carbonyl (C=O) groups excluding carboxylic acids is 1. The fraction of sp³-hybridized carbons (Fsp3) is 0.278. The van der Waals surface area contributed by atoms with E-state index in [1.165, 1.54) is 32.4 Å². The number of hydrogen-bond acceptors (Lipinski definition) is 5. The Bertz CT molecular complexity index is 927. The first-order valence-electron chi connectivity index (χ1n) is 7.81. The van der Waals surface area contributed by atoms with Gasteiger partial charge in [0.2, 0.25) is 0 Å². The summed E-state index contributed by atoms with van der Waals surface area (Å²) in [7, 11) is -1.49. The number of halogens is 1. The molecule has 2 aromatic rings. The molecule has 2 aromatic carbocycles. The molecule has 8 heteroatoms. The number of benzene rings is 2. The van der Waals surface area contributed by atoms with Gasteiger partial charge in [0.05, 0.1) is 30.4 Å². The van der Waals surface area contributed by atoms with Crippen LogP contribution in [0.3, 0.4) is 0 Å². The lowest BCUT2D eigenvalue weighted by Crippen LogP contribution is -2.31. The second kappa shape index (κ2) is 7.74. The molecule has 0 saturated heterocycles. The van der Waals surface area contributed by atoms with E-state index < -0.39 is 21.8 Å². The highest BCUT2D eigenvalue weighted by atomic mass is 32.2. The smallest absolute Gasteiger partial charge is 0.337 e. The quantitative estimate of drug-likeness (QED) is 0.719. The lowest BCUT2D eigenvalue weighted by molar-refractivity contribution is 0.0600. The average molecular weight is 381 g/mol. The number of rotatable bonds is 6. The van der Waals surface area contributed by atoms with Gasteiger partial charge in [-0.05, 0) is 49.7 Å². The molecule has 0 fully saturated rings. The maximum Gasteiger partial charge on any atom is 0.337 e. The highest BCUT2D eigenvalue weighted by molar-refractivity contribution is 7.92. The van der Waals surface area contributed by atoms with Crippen molar-refractivity contribution in [2.75, 3.05) is 25.1 Å².